The molecule has 1 aromatic carbocycles. The van der Waals surface area contributed by atoms with Crippen LogP contribution in [0.25, 0.3) is 0 Å². The summed E-state index contributed by atoms with van der Waals surface area (Å²) >= 11 is 0. The van der Waals surface area contributed by atoms with Gasteiger partial charge >= 0.3 is 12.7 Å². The zero-order chi connectivity index (χ0) is 41.0. The average Bonchev–Trinajstić information content (AvgIpc) is 3.70. The van der Waals surface area contributed by atoms with Gasteiger partial charge in [0.1, 0.15) is 17.2 Å². The number of carbonyl (C=O) groups is 2. The molecule has 0 spiro atoms. The first-order valence-electron chi connectivity index (χ1n) is 17.6. The van der Waals surface area contributed by atoms with Gasteiger partial charge in [0, 0.05) is 43.1 Å². The Kier molecular flexibility index (Phi) is 15.9. The summed E-state index contributed by atoms with van der Waals surface area (Å²) in [6, 6.07) is 4.58. The number of allylic oxidation sites excluding steroid dienone is 6. The quantitative estimate of drug-likeness (QED) is 0.0436. The molecule has 4 rings (SSSR count). The maximum atomic E-state index is 14.4. The van der Waals surface area contributed by atoms with Crippen molar-refractivity contribution in [1.82, 2.24) is 20.0 Å². The number of ketones is 1. The zero-order valence-corrected chi connectivity index (χ0v) is 33.2. The van der Waals surface area contributed by atoms with Gasteiger partial charge in [0.05, 0.1) is 24.0 Å². The van der Waals surface area contributed by atoms with E-state index in [1.807, 2.05) is 13.8 Å². The molecule has 1 aromatic heterocycles. The van der Waals surface area contributed by atoms with Crippen LogP contribution in [0.15, 0.2) is 88.6 Å². The molecule has 15 heteroatoms. The molecule has 0 radical (unpaired) electrons. The number of amides is 1. The van der Waals surface area contributed by atoms with Crippen LogP contribution in [0.4, 0.5) is 23.8 Å². The van der Waals surface area contributed by atoms with E-state index in [0.717, 1.165) is 5.57 Å². The highest BCUT2D eigenvalue weighted by Crippen LogP contribution is 2.34. The third kappa shape index (κ3) is 11.9. The Morgan fingerprint density at radius 3 is 2.47 bits per heavy atom. The first kappa shape index (κ1) is 44.1. The highest BCUT2D eigenvalue weighted by molar-refractivity contribution is 7.27. The Hall–Kier alpha value is -5.28. The number of nitrogens with one attached hydrogen (secondary N) is 1. The van der Waals surface area contributed by atoms with Gasteiger partial charge < -0.3 is 30.2 Å². The van der Waals surface area contributed by atoms with Gasteiger partial charge in [-0.1, -0.05) is 32.6 Å². The SMILES string of the molecule is C#C.C=C/C(OC(F)F)=C(\C=C1\NC(C(=O)c2cnn(C/C(=C\C(=NC)Oc3c(F)cccc3P)CC)c2N)=CC1C)C1CCN(C(=O)OC(C)(C)C)CC1. The van der Waals surface area contributed by atoms with Crippen molar-refractivity contribution in [3.8, 4) is 18.6 Å². The third-order valence-electron chi connectivity index (χ3n) is 8.70. The number of aliphatic imine (C=N–C) groups is 1. The van der Waals surface area contributed by atoms with Crippen LogP contribution in [0.5, 0.6) is 5.75 Å². The first-order valence-corrected chi connectivity index (χ1v) is 18.2. The molecule has 1 fully saturated rings. The van der Waals surface area contributed by atoms with Crippen LogP contribution in [0.1, 0.15) is 64.2 Å². The molecular formula is C40H50F3N6O5P. The minimum Gasteiger partial charge on any atom is -0.444 e. The summed E-state index contributed by atoms with van der Waals surface area (Å²) in [5.74, 6) is -1.17. The smallest absolute Gasteiger partial charge is 0.410 e. The number of carbonyl (C=O) groups excluding carboxylic acids is 2. The lowest BCUT2D eigenvalue weighted by Crippen LogP contribution is -2.42. The number of nitrogens with two attached hydrogens (primary N) is 1. The van der Waals surface area contributed by atoms with Crippen molar-refractivity contribution in [2.24, 2.45) is 16.8 Å². The summed E-state index contributed by atoms with van der Waals surface area (Å²) in [7, 11) is 3.96. The molecule has 0 bridgehead atoms. The van der Waals surface area contributed by atoms with E-state index in [9.17, 15) is 22.8 Å². The second-order valence-corrected chi connectivity index (χ2v) is 14.3. The summed E-state index contributed by atoms with van der Waals surface area (Å²) in [6.45, 7) is 10.7. The molecule has 0 saturated carbocycles. The molecule has 3 N–H and O–H groups in total. The fourth-order valence-corrected chi connectivity index (χ4v) is 6.19. The highest BCUT2D eigenvalue weighted by Gasteiger charge is 2.32. The zero-order valence-electron chi connectivity index (χ0n) is 32.1. The molecule has 11 nitrogen and oxygen atoms in total. The van der Waals surface area contributed by atoms with Gasteiger partial charge in [-0.25, -0.2) is 13.9 Å². The lowest BCUT2D eigenvalue weighted by atomic mass is 9.87. The second kappa shape index (κ2) is 19.9. The number of nitrogens with zero attached hydrogens (tertiary/aromatic N) is 4. The molecule has 55 heavy (non-hydrogen) atoms. The molecule has 2 unspecified atom stereocenters. The monoisotopic (exact) mass is 782 g/mol. The van der Waals surface area contributed by atoms with Gasteiger partial charge in [0.15, 0.2) is 11.6 Å². The summed E-state index contributed by atoms with van der Waals surface area (Å²) < 4.78 is 59.0. The van der Waals surface area contributed by atoms with Crippen LogP contribution in [0.2, 0.25) is 0 Å². The standard InChI is InChI=1S/C38H48F3N6O5P.C2H2/c1-8-23(18-32(43-7)51-34-27(39)11-10-12-31(34)53)21-47-35(42)26(20-44-47)33(48)29-17-22(3)28(45-29)19-25(30(9-2)50-36(40)41)24-13-15-46(16-14-24)37(49)52-38(4,5)6;1-2/h9-12,17-20,22,24,36,45H,2,8,13-16,21,42,53H2,1,3-7H3;1-2H/b23-18-,28-19+,30-25-,43-32?;. The Morgan fingerprint density at radius 2 is 1.91 bits per heavy atom. The predicted molar refractivity (Wildman–Crippen MR) is 212 cm³/mol. The predicted octanol–water partition coefficient (Wildman–Crippen LogP) is 7.31. The number of ether oxygens (including phenoxy) is 3. The number of rotatable bonds is 12. The minimum absolute atomic E-state index is 0.0460. The molecule has 2 atom stereocenters. The number of benzene rings is 1. The van der Waals surface area contributed by atoms with E-state index in [0.29, 0.717) is 48.9 Å². The van der Waals surface area contributed by atoms with Gasteiger partial charge in [0.2, 0.25) is 11.7 Å². The second-order valence-electron chi connectivity index (χ2n) is 13.6. The van der Waals surface area contributed by atoms with Gasteiger partial charge in [-0.2, -0.15) is 13.9 Å². The maximum Gasteiger partial charge on any atom is 0.410 e. The fourth-order valence-electron chi connectivity index (χ4n) is 5.88. The maximum absolute atomic E-state index is 14.4. The van der Waals surface area contributed by atoms with Crippen molar-refractivity contribution in [2.75, 3.05) is 25.9 Å². The average molecular weight is 783 g/mol. The summed E-state index contributed by atoms with van der Waals surface area (Å²) in [5.41, 5.74) is 8.09. The van der Waals surface area contributed by atoms with Crippen LogP contribution in [0.3, 0.4) is 0 Å². The number of terminal acetylenes is 1. The van der Waals surface area contributed by atoms with E-state index in [1.165, 1.54) is 30.1 Å². The number of anilines is 1. The van der Waals surface area contributed by atoms with E-state index in [4.69, 9.17) is 19.9 Å². The van der Waals surface area contributed by atoms with Crippen molar-refractivity contribution in [3.63, 3.8) is 0 Å². The van der Waals surface area contributed by atoms with E-state index in [1.54, 1.807) is 56.0 Å². The number of alkyl halides is 2. The third-order valence-corrected chi connectivity index (χ3v) is 9.15. The Labute approximate surface area is 323 Å². The van der Waals surface area contributed by atoms with Crippen molar-refractivity contribution < 1.29 is 37.0 Å². The highest BCUT2D eigenvalue weighted by atomic mass is 31.0. The van der Waals surface area contributed by atoms with Crippen LogP contribution in [0, 0.1) is 30.5 Å². The van der Waals surface area contributed by atoms with Crippen molar-refractivity contribution >= 4 is 38.1 Å². The van der Waals surface area contributed by atoms with Crippen LogP contribution in [-0.2, 0) is 16.0 Å². The van der Waals surface area contributed by atoms with E-state index >= 15 is 0 Å². The number of hydrogen-bond acceptors (Lipinski definition) is 9. The first-order chi connectivity index (χ1) is 26.0. The molecule has 1 amide bonds. The molecule has 2 aromatic rings. The molecule has 3 heterocycles. The normalized spacial score (nSPS) is 17.8. The fraction of sp³-hybridized carbons (Fsp3) is 0.400. The Morgan fingerprint density at radius 1 is 1.24 bits per heavy atom. The number of halogens is 3. The summed E-state index contributed by atoms with van der Waals surface area (Å²) in [5, 5.41) is 8.05. The van der Waals surface area contributed by atoms with Crippen LogP contribution < -0.4 is 21.1 Å². The van der Waals surface area contributed by atoms with Crippen LogP contribution >= 0.6 is 9.24 Å². The van der Waals surface area contributed by atoms with Crippen LogP contribution in [-0.4, -0.2) is 64.8 Å². The largest absolute Gasteiger partial charge is 0.444 e. The summed E-state index contributed by atoms with van der Waals surface area (Å²) in [4.78, 5) is 32.2. The van der Waals surface area contributed by atoms with E-state index in [2.05, 4.69) is 44.1 Å². The van der Waals surface area contributed by atoms with Gasteiger partial charge in [-0.05, 0) is 81.4 Å². The molecule has 2 aliphatic rings. The molecular weight excluding hydrogens is 732 g/mol. The Bertz CT molecular complexity index is 1880. The number of nitrogen functional groups attached to an aromatic ring is 1. The van der Waals surface area contributed by atoms with Crippen molar-refractivity contribution in [1.29, 1.82) is 0 Å². The lowest BCUT2D eigenvalue weighted by molar-refractivity contribution is -0.0932. The number of piperidine rings is 1. The molecule has 296 valence electrons. The molecule has 0 aliphatic carbocycles. The van der Waals surface area contributed by atoms with Crippen molar-refractivity contribution in [3.05, 3.63) is 95.0 Å². The molecule has 1 saturated heterocycles. The lowest BCUT2D eigenvalue weighted by Gasteiger charge is -2.34. The number of likely N-dealkylation sites (tertiary alicyclic amines) is 1. The number of Topliss-reactive ketones (excluding diaryl/α,β-unsaturated/α-hetero) is 1. The van der Waals surface area contributed by atoms with Gasteiger partial charge in [0.25, 0.3) is 0 Å². The number of hydrogen-bond donors (Lipinski definition) is 2. The summed E-state index contributed by atoms with van der Waals surface area (Å²) in [6.07, 6.45) is 16.8. The van der Waals surface area contributed by atoms with E-state index < -0.39 is 29.9 Å². The molecule has 2 aliphatic heterocycles. The van der Waals surface area contributed by atoms with E-state index in [-0.39, 0.29) is 52.9 Å². The Balaban J connectivity index is 0.00000399. The van der Waals surface area contributed by atoms with Gasteiger partial charge in [-0.15, -0.1) is 22.1 Å². The minimum atomic E-state index is -3.08. The number of para-hydroxylation sites is 1. The number of aromatic nitrogens is 2. The van der Waals surface area contributed by atoms with Gasteiger partial charge in [-0.3, -0.25) is 9.79 Å². The topological polar surface area (TPSA) is 133 Å². The van der Waals surface area contributed by atoms with Crippen molar-refractivity contribution in [2.45, 2.75) is 72.6 Å².